The molecule has 0 aromatic heterocycles. The van der Waals surface area contributed by atoms with Crippen molar-refractivity contribution in [3.8, 4) is 16.9 Å². The maximum atomic E-state index is 13.7. The highest BCUT2D eigenvalue weighted by molar-refractivity contribution is 7.88. The number of methoxy groups -OCH3 is 1. The first kappa shape index (κ1) is 32.5. The van der Waals surface area contributed by atoms with Gasteiger partial charge in [0, 0.05) is 24.2 Å². The van der Waals surface area contributed by atoms with E-state index >= 15 is 0 Å². The number of ether oxygens (including phenoxy) is 1. The number of hydrogen-bond donors (Lipinski definition) is 0. The highest BCUT2D eigenvalue weighted by Gasteiger charge is 2.50. The van der Waals surface area contributed by atoms with Gasteiger partial charge in [0.15, 0.2) is 0 Å². The van der Waals surface area contributed by atoms with Crippen molar-refractivity contribution in [2.75, 3.05) is 13.7 Å². The van der Waals surface area contributed by atoms with Crippen LogP contribution < -0.4 is 4.18 Å². The Hall–Kier alpha value is -3.41. The van der Waals surface area contributed by atoms with Crippen LogP contribution in [0.3, 0.4) is 0 Å². The van der Waals surface area contributed by atoms with Crippen molar-refractivity contribution in [2.24, 2.45) is 16.8 Å². The zero-order valence-electron chi connectivity index (χ0n) is 26.3. The molecule has 1 spiro atoms. The van der Waals surface area contributed by atoms with Gasteiger partial charge in [-0.1, -0.05) is 38.8 Å². The zero-order chi connectivity index (χ0) is 33.0. The molecular formula is C34H39F3N2O6S. The van der Waals surface area contributed by atoms with E-state index in [0.29, 0.717) is 24.9 Å². The number of alkyl halides is 3. The van der Waals surface area contributed by atoms with Crippen LogP contribution in [-0.2, 0) is 42.7 Å². The van der Waals surface area contributed by atoms with Gasteiger partial charge in [-0.05, 0) is 90.3 Å². The standard InChI is InChI=1S/C34H39F3N2O6S/c1-20(2)25(19-30(40)44-3)32(41)39-16-6-7-28(39)27-18-22-17-21(8-10-26(22)38-27)23-9-11-29(45-46(42,43)34(35,36)37)24-12-15-33(31(23)24)13-4-5-14-33/h8-11,17,20,25,28H,4-7,12-16,18-19H2,1-3H3/t25-,28-/m0/s1. The molecule has 1 saturated heterocycles. The summed E-state index contributed by atoms with van der Waals surface area (Å²) in [7, 11) is -4.48. The third-order valence-corrected chi connectivity index (χ3v) is 11.3. The van der Waals surface area contributed by atoms with Crippen LogP contribution in [0.15, 0.2) is 35.3 Å². The fourth-order valence-electron chi connectivity index (χ4n) is 8.05. The number of amides is 1. The predicted molar refractivity (Wildman–Crippen MR) is 166 cm³/mol. The minimum Gasteiger partial charge on any atom is -0.469 e. The molecule has 0 bridgehead atoms. The Balaban J connectivity index is 1.29. The molecule has 4 aliphatic rings. The minimum absolute atomic E-state index is 0.0318. The second-order valence-corrected chi connectivity index (χ2v) is 14.9. The molecule has 248 valence electrons. The number of rotatable bonds is 8. The molecule has 1 saturated carbocycles. The molecule has 2 atom stereocenters. The summed E-state index contributed by atoms with van der Waals surface area (Å²) < 4.78 is 73.1. The van der Waals surface area contributed by atoms with Crippen molar-refractivity contribution in [3.05, 3.63) is 47.0 Å². The molecule has 0 unspecified atom stereocenters. The van der Waals surface area contributed by atoms with Crippen LogP contribution in [0.5, 0.6) is 5.75 Å². The van der Waals surface area contributed by atoms with Crippen molar-refractivity contribution in [1.82, 2.24) is 4.90 Å². The van der Waals surface area contributed by atoms with Crippen molar-refractivity contribution in [2.45, 2.75) is 95.0 Å². The number of hydrogen-bond acceptors (Lipinski definition) is 7. The Bertz CT molecular complexity index is 1690. The van der Waals surface area contributed by atoms with E-state index in [1.165, 1.54) is 13.2 Å². The van der Waals surface area contributed by atoms with E-state index in [9.17, 15) is 31.2 Å². The highest BCUT2D eigenvalue weighted by Crippen LogP contribution is 2.56. The maximum Gasteiger partial charge on any atom is 0.534 e. The van der Waals surface area contributed by atoms with Gasteiger partial charge in [0.2, 0.25) is 5.91 Å². The fraction of sp³-hybridized carbons (Fsp3) is 0.559. The molecule has 0 radical (unpaired) electrons. The number of likely N-dealkylation sites (tertiary alicyclic amines) is 1. The van der Waals surface area contributed by atoms with E-state index in [4.69, 9.17) is 13.9 Å². The average Bonchev–Trinajstić information content (AvgIpc) is 3.81. The van der Waals surface area contributed by atoms with Gasteiger partial charge >= 0.3 is 21.6 Å². The summed E-state index contributed by atoms with van der Waals surface area (Å²) in [6, 6.07) is 8.83. The lowest BCUT2D eigenvalue weighted by atomic mass is 9.76. The Morgan fingerprint density at radius 3 is 2.50 bits per heavy atom. The van der Waals surface area contributed by atoms with Crippen LogP contribution in [0.1, 0.15) is 81.9 Å². The molecule has 2 aromatic carbocycles. The number of fused-ring (bicyclic) bond motifs is 3. The molecule has 46 heavy (non-hydrogen) atoms. The summed E-state index contributed by atoms with van der Waals surface area (Å²) in [5.74, 6) is -1.23. The third-order valence-electron chi connectivity index (χ3n) is 10.4. The van der Waals surface area contributed by atoms with Crippen molar-refractivity contribution in [3.63, 3.8) is 0 Å². The number of benzene rings is 2. The van der Waals surface area contributed by atoms with Gasteiger partial charge in [-0.25, -0.2) is 0 Å². The molecular weight excluding hydrogens is 621 g/mol. The minimum atomic E-state index is -5.80. The Morgan fingerprint density at radius 2 is 1.83 bits per heavy atom. The smallest absolute Gasteiger partial charge is 0.469 e. The second kappa shape index (κ2) is 12.0. The monoisotopic (exact) mass is 660 g/mol. The van der Waals surface area contributed by atoms with E-state index in [1.807, 2.05) is 30.9 Å². The molecule has 2 fully saturated rings. The number of nitrogens with zero attached hydrogens (tertiary/aromatic N) is 2. The topological polar surface area (TPSA) is 102 Å². The lowest BCUT2D eigenvalue weighted by molar-refractivity contribution is -0.148. The molecule has 2 heterocycles. The van der Waals surface area contributed by atoms with E-state index in [0.717, 1.165) is 78.6 Å². The molecule has 2 aromatic rings. The number of carbonyl (C=O) groups excluding carboxylic acids is 2. The van der Waals surface area contributed by atoms with E-state index in [2.05, 4.69) is 6.07 Å². The fourth-order valence-corrected chi connectivity index (χ4v) is 8.54. The summed E-state index contributed by atoms with van der Waals surface area (Å²) in [5, 5.41) is 0. The number of aliphatic imine (C=N–C) groups is 1. The summed E-state index contributed by atoms with van der Waals surface area (Å²) in [6.45, 7) is 4.46. The highest BCUT2D eigenvalue weighted by atomic mass is 32.2. The van der Waals surface area contributed by atoms with Gasteiger partial charge in [0.05, 0.1) is 31.2 Å². The number of esters is 1. The van der Waals surface area contributed by atoms with Crippen molar-refractivity contribution in [1.29, 1.82) is 0 Å². The van der Waals surface area contributed by atoms with E-state index < -0.39 is 27.5 Å². The van der Waals surface area contributed by atoms with Gasteiger partial charge < -0.3 is 13.8 Å². The van der Waals surface area contributed by atoms with Crippen LogP contribution >= 0.6 is 0 Å². The number of halogens is 3. The van der Waals surface area contributed by atoms with Gasteiger partial charge in [-0.3, -0.25) is 14.6 Å². The van der Waals surface area contributed by atoms with Crippen LogP contribution in [0.25, 0.3) is 11.1 Å². The maximum absolute atomic E-state index is 13.7. The Kier molecular flexibility index (Phi) is 8.48. The summed E-state index contributed by atoms with van der Waals surface area (Å²) >= 11 is 0. The van der Waals surface area contributed by atoms with Crippen LogP contribution in [0.2, 0.25) is 0 Å². The van der Waals surface area contributed by atoms with E-state index in [1.54, 1.807) is 6.07 Å². The molecule has 12 heteroatoms. The molecule has 0 N–H and O–H groups in total. The van der Waals surface area contributed by atoms with Crippen LogP contribution in [-0.4, -0.2) is 56.1 Å². The SMILES string of the molecule is COC(=O)C[C@H](C(=O)N1CCC[C@H]1C1=Nc2ccc(-c3ccc(OS(=O)(=O)C(F)(F)F)c4c3C3(CCCC3)CC4)cc2C1)C(C)C. The van der Waals surface area contributed by atoms with Gasteiger partial charge in [0.25, 0.3) is 0 Å². The summed E-state index contributed by atoms with van der Waals surface area (Å²) in [4.78, 5) is 32.5. The van der Waals surface area contributed by atoms with Gasteiger partial charge in [-0.15, -0.1) is 0 Å². The molecule has 1 amide bonds. The first-order valence-electron chi connectivity index (χ1n) is 16.0. The van der Waals surface area contributed by atoms with Crippen molar-refractivity contribution < 1.29 is 40.1 Å². The second-order valence-electron chi connectivity index (χ2n) is 13.4. The number of carbonyl (C=O) groups is 2. The summed E-state index contributed by atoms with van der Waals surface area (Å²) in [5.41, 5.74) is 0.172. The normalized spacial score (nSPS) is 21.0. The molecule has 8 nitrogen and oxygen atoms in total. The van der Waals surface area contributed by atoms with E-state index in [-0.39, 0.29) is 35.5 Å². The van der Waals surface area contributed by atoms with Gasteiger partial charge in [-0.2, -0.15) is 21.6 Å². The molecule has 2 aliphatic heterocycles. The summed E-state index contributed by atoms with van der Waals surface area (Å²) in [6.07, 6.45) is 7.17. The van der Waals surface area contributed by atoms with Gasteiger partial charge in [0.1, 0.15) is 5.75 Å². The van der Waals surface area contributed by atoms with Crippen LogP contribution in [0, 0.1) is 11.8 Å². The first-order chi connectivity index (χ1) is 21.7. The quantitative estimate of drug-likeness (QED) is 0.176. The predicted octanol–water partition coefficient (Wildman–Crippen LogP) is 6.79. The lowest BCUT2D eigenvalue weighted by Gasteiger charge is -2.30. The lowest BCUT2D eigenvalue weighted by Crippen LogP contribution is -2.45. The Morgan fingerprint density at radius 1 is 1.09 bits per heavy atom. The first-order valence-corrected chi connectivity index (χ1v) is 17.4. The zero-order valence-corrected chi connectivity index (χ0v) is 27.1. The Labute approximate surface area is 267 Å². The average molecular weight is 661 g/mol. The molecule has 2 aliphatic carbocycles. The van der Waals surface area contributed by atoms with Crippen LogP contribution in [0.4, 0.5) is 18.9 Å². The molecule has 6 rings (SSSR count). The third kappa shape index (κ3) is 5.71. The van der Waals surface area contributed by atoms with Crippen molar-refractivity contribution >= 4 is 33.4 Å². The largest absolute Gasteiger partial charge is 0.534 e.